The van der Waals surface area contributed by atoms with E-state index in [2.05, 4.69) is 17.3 Å². The summed E-state index contributed by atoms with van der Waals surface area (Å²) in [7, 11) is 0. The quantitative estimate of drug-likeness (QED) is 0.797. The highest BCUT2D eigenvalue weighted by atomic mass is 35.5. The zero-order valence-corrected chi connectivity index (χ0v) is 9.06. The number of hydrogen-bond donors (Lipinski definition) is 2. The van der Waals surface area contributed by atoms with Crippen LogP contribution in [0.25, 0.3) is 0 Å². The summed E-state index contributed by atoms with van der Waals surface area (Å²) < 4.78 is 0. The number of nitrogens with one attached hydrogen (secondary N) is 2. The smallest absolute Gasteiger partial charge is 0.291 e. The maximum absolute atomic E-state index is 11.5. The first-order valence-corrected chi connectivity index (χ1v) is 4.86. The number of benzene rings is 1. The number of urea groups is 1. The van der Waals surface area contributed by atoms with Gasteiger partial charge in [-0.05, 0) is 12.1 Å². The van der Waals surface area contributed by atoms with E-state index < -0.39 is 0 Å². The molecule has 2 amide bonds. The van der Waals surface area contributed by atoms with Gasteiger partial charge in [-0.2, -0.15) is 0 Å². The molecule has 0 radical (unpaired) electrons. The van der Waals surface area contributed by atoms with E-state index in [0.717, 1.165) is 0 Å². The lowest BCUT2D eigenvalue weighted by atomic mass is 10.3. The lowest BCUT2D eigenvalue weighted by Gasteiger charge is -2.17. The van der Waals surface area contributed by atoms with Crippen molar-refractivity contribution in [1.82, 2.24) is 10.7 Å². The van der Waals surface area contributed by atoms with Gasteiger partial charge in [0.2, 0.25) is 0 Å². The van der Waals surface area contributed by atoms with Crippen LogP contribution in [0.5, 0.6) is 0 Å². The Morgan fingerprint density at radius 1 is 1.27 bits per heavy atom. The fourth-order valence-corrected chi connectivity index (χ4v) is 1.83. The van der Waals surface area contributed by atoms with Gasteiger partial charge in [0.25, 0.3) is 0 Å². The van der Waals surface area contributed by atoms with Gasteiger partial charge in [0, 0.05) is 0 Å². The zero-order chi connectivity index (χ0) is 11.0. The van der Waals surface area contributed by atoms with Crippen LogP contribution in [0, 0.1) is 0 Å². The minimum absolute atomic E-state index is 0.366. The summed E-state index contributed by atoms with van der Waals surface area (Å²) in [6.45, 7) is 3.57. The summed E-state index contributed by atoms with van der Waals surface area (Å²) in [5, 5.41) is 4.48. The maximum Gasteiger partial charge on any atom is 0.346 e. The number of rotatable bonds is 1. The van der Waals surface area contributed by atoms with E-state index in [-0.39, 0.29) is 6.03 Å². The summed E-state index contributed by atoms with van der Waals surface area (Å²) in [5.41, 5.74) is 3.12. The topological polar surface area (TPSA) is 44.4 Å². The van der Waals surface area contributed by atoms with Gasteiger partial charge in [-0.3, -0.25) is 10.7 Å². The van der Waals surface area contributed by atoms with Crippen molar-refractivity contribution in [1.29, 1.82) is 0 Å². The summed E-state index contributed by atoms with van der Waals surface area (Å²) in [4.78, 5) is 11.5. The Bertz CT molecular complexity index is 427. The van der Waals surface area contributed by atoms with Crippen LogP contribution < -0.4 is 15.8 Å². The number of hydrazine groups is 1. The molecule has 0 unspecified atom stereocenters. The maximum atomic E-state index is 11.5. The first-order valence-electron chi connectivity index (χ1n) is 4.10. The van der Waals surface area contributed by atoms with Crippen molar-refractivity contribution in [2.45, 2.75) is 0 Å². The molecule has 0 atom stereocenters. The molecule has 15 heavy (non-hydrogen) atoms. The highest BCUT2D eigenvalue weighted by molar-refractivity contribution is 6.39. The van der Waals surface area contributed by atoms with Gasteiger partial charge < -0.3 is 0 Å². The van der Waals surface area contributed by atoms with Crippen LogP contribution in [0.1, 0.15) is 0 Å². The molecular weight excluding hydrogens is 237 g/mol. The Labute approximate surface area is 96.4 Å². The lowest BCUT2D eigenvalue weighted by Crippen LogP contribution is -2.34. The Balaban J connectivity index is 2.46. The van der Waals surface area contributed by atoms with Crippen molar-refractivity contribution in [3.63, 3.8) is 0 Å². The summed E-state index contributed by atoms with van der Waals surface area (Å²) >= 11 is 11.9. The molecule has 1 saturated heterocycles. The van der Waals surface area contributed by atoms with Gasteiger partial charge in [-0.1, -0.05) is 35.8 Å². The van der Waals surface area contributed by atoms with Crippen LogP contribution in [0.15, 0.2) is 30.6 Å². The molecule has 1 aliphatic rings. The molecule has 4 nitrogen and oxygen atoms in total. The molecule has 0 aromatic heterocycles. The molecule has 1 heterocycles. The average molecular weight is 244 g/mol. The van der Waals surface area contributed by atoms with Gasteiger partial charge in [0.1, 0.15) is 11.5 Å². The normalized spacial score (nSPS) is 15.2. The van der Waals surface area contributed by atoms with E-state index >= 15 is 0 Å². The molecule has 2 N–H and O–H groups in total. The van der Waals surface area contributed by atoms with Crippen LogP contribution in [0.4, 0.5) is 10.5 Å². The van der Waals surface area contributed by atoms with Crippen molar-refractivity contribution in [2.75, 3.05) is 5.01 Å². The second kappa shape index (κ2) is 3.64. The van der Waals surface area contributed by atoms with Crippen LogP contribution in [0.2, 0.25) is 10.0 Å². The number of amides is 2. The second-order valence-electron chi connectivity index (χ2n) is 2.93. The minimum atomic E-state index is -0.366. The molecule has 78 valence electrons. The predicted molar refractivity (Wildman–Crippen MR) is 59.7 cm³/mol. The van der Waals surface area contributed by atoms with E-state index in [1.54, 1.807) is 18.2 Å². The molecule has 0 spiro atoms. The lowest BCUT2D eigenvalue weighted by molar-refractivity contribution is 0.252. The third-order valence-electron chi connectivity index (χ3n) is 1.87. The Kier molecular flexibility index (Phi) is 2.46. The van der Waals surface area contributed by atoms with Gasteiger partial charge in [0.15, 0.2) is 0 Å². The van der Waals surface area contributed by atoms with Crippen LogP contribution in [0.3, 0.4) is 0 Å². The number of carbonyl (C=O) groups excluding carboxylic acids is 1. The van der Waals surface area contributed by atoms with E-state index in [0.29, 0.717) is 21.6 Å². The van der Waals surface area contributed by atoms with Crippen molar-refractivity contribution in [3.05, 3.63) is 40.6 Å². The van der Waals surface area contributed by atoms with Crippen LogP contribution in [-0.2, 0) is 0 Å². The first kappa shape index (κ1) is 10.1. The highest BCUT2D eigenvalue weighted by Gasteiger charge is 2.27. The van der Waals surface area contributed by atoms with Crippen LogP contribution in [-0.4, -0.2) is 6.03 Å². The monoisotopic (exact) mass is 243 g/mol. The van der Waals surface area contributed by atoms with E-state index in [1.165, 1.54) is 5.01 Å². The molecule has 1 fully saturated rings. The molecule has 0 aliphatic carbocycles. The standard InChI is InChI=1S/C9H7Cl2N3O/c1-5-12-9(15)14(13-5)8-6(10)3-2-4-7(8)11/h2-4,13H,1H2,(H,12,15). The number of halogens is 2. The largest absolute Gasteiger partial charge is 0.346 e. The Morgan fingerprint density at radius 2 is 1.87 bits per heavy atom. The Hall–Kier alpha value is -1.39. The molecule has 0 bridgehead atoms. The highest BCUT2D eigenvalue weighted by Crippen LogP contribution is 2.33. The first-order chi connectivity index (χ1) is 7.09. The van der Waals surface area contributed by atoms with Crippen molar-refractivity contribution >= 4 is 34.9 Å². The average Bonchev–Trinajstić information content (AvgIpc) is 2.45. The van der Waals surface area contributed by atoms with E-state index in [4.69, 9.17) is 23.2 Å². The molecule has 0 saturated carbocycles. The molecule has 1 aromatic rings. The number of hydrogen-bond acceptors (Lipinski definition) is 2. The SMILES string of the molecule is C=C1NC(=O)N(c2c(Cl)cccc2Cl)N1. The minimum Gasteiger partial charge on any atom is -0.291 e. The summed E-state index contributed by atoms with van der Waals surface area (Å²) in [6, 6.07) is 4.64. The number of anilines is 1. The molecule has 6 heteroatoms. The van der Waals surface area contributed by atoms with Gasteiger partial charge in [-0.25, -0.2) is 9.80 Å². The van der Waals surface area contributed by atoms with Gasteiger partial charge in [-0.15, -0.1) is 0 Å². The summed E-state index contributed by atoms with van der Waals surface area (Å²) in [6.07, 6.45) is 0. The molecule has 1 aromatic carbocycles. The predicted octanol–water partition coefficient (Wildman–Crippen LogP) is 2.50. The van der Waals surface area contributed by atoms with Crippen LogP contribution >= 0.6 is 23.2 Å². The Morgan fingerprint density at radius 3 is 2.33 bits per heavy atom. The number of nitrogens with zero attached hydrogens (tertiary/aromatic N) is 1. The third kappa shape index (κ3) is 1.73. The zero-order valence-electron chi connectivity index (χ0n) is 7.55. The molecule has 2 rings (SSSR count). The van der Waals surface area contributed by atoms with Crippen molar-refractivity contribution in [3.8, 4) is 0 Å². The molecule has 1 aliphatic heterocycles. The fourth-order valence-electron chi connectivity index (χ4n) is 1.26. The fraction of sp³-hybridized carbons (Fsp3) is 0. The summed E-state index contributed by atoms with van der Waals surface area (Å²) in [5.74, 6) is 0.385. The van der Waals surface area contributed by atoms with E-state index in [1.807, 2.05) is 0 Å². The number of carbonyl (C=O) groups is 1. The van der Waals surface area contributed by atoms with Crippen molar-refractivity contribution < 1.29 is 4.79 Å². The van der Waals surface area contributed by atoms with E-state index in [9.17, 15) is 4.79 Å². The molecular formula is C9H7Cl2N3O. The van der Waals surface area contributed by atoms with Crippen molar-refractivity contribution in [2.24, 2.45) is 0 Å². The second-order valence-corrected chi connectivity index (χ2v) is 3.74. The third-order valence-corrected chi connectivity index (χ3v) is 2.48. The van der Waals surface area contributed by atoms with Gasteiger partial charge >= 0.3 is 6.03 Å². The van der Waals surface area contributed by atoms with Gasteiger partial charge in [0.05, 0.1) is 10.0 Å². The number of para-hydroxylation sites is 1.